The number of hydrogen-bond donors (Lipinski definition) is 1. The monoisotopic (exact) mass is 450 g/mol. The number of carbonyl (C=O) groups excluding carboxylic acids is 2. The normalized spacial score (nSPS) is 18.7. The van der Waals surface area contributed by atoms with Crippen LogP contribution in [0.1, 0.15) is 63.9 Å². The number of nitrogens with zero attached hydrogens (tertiary/aromatic N) is 1. The van der Waals surface area contributed by atoms with Crippen molar-refractivity contribution >= 4 is 21.9 Å². The Bertz CT molecular complexity index is 839. The molecule has 1 saturated carbocycles. The zero-order valence-electron chi connectivity index (χ0n) is 18.3. The summed E-state index contributed by atoms with van der Waals surface area (Å²) in [4.78, 5) is 26.4. The van der Waals surface area contributed by atoms with Crippen molar-refractivity contribution < 1.29 is 22.7 Å². The van der Waals surface area contributed by atoms with E-state index in [2.05, 4.69) is 4.72 Å². The Labute approximate surface area is 185 Å². The molecule has 7 nitrogen and oxygen atoms in total. The van der Waals surface area contributed by atoms with E-state index >= 15 is 0 Å². The van der Waals surface area contributed by atoms with Crippen molar-refractivity contribution in [2.75, 3.05) is 19.7 Å². The van der Waals surface area contributed by atoms with Gasteiger partial charge < -0.3 is 9.64 Å². The highest BCUT2D eigenvalue weighted by molar-refractivity contribution is 7.89. The summed E-state index contributed by atoms with van der Waals surface area (Å²) in [5.41, 5.74) is 0.936. The van der Waals surface area contributed by atoms with Crippen molar-refractivity contribution in [1.82, 2.24) is 9.62 Å². The average molecular weight is 451 g/mol. The van der Waals surface area contributed by atoms with Crippen molar-refractivity contribution in [2.45, 2.75) is 75.6 Å². The molecule has 31 heavy (non-hydrogen) atoms. The third-order valence-corrected chi connectivity index (χ3v) is 7.79. The number of esters is 1. The molecule has 3 rings (SSSR count). The lowest BCUT2D eigenvalue weighted by Gasteiger charge is -2.31. The van der Waals surface area contributed by atoms with Crippen LogP contribution in [0.2, 0.25) is 0 Å². The number of nitrogens with one attached hydrogen (secondary N) is 1. The summed E-state index contributed by atoms with van der Waals surface area (Å²) in [6.07, 6.45) is 7.34. The van der Waals surface area contributed by atoms with Crippen LogP contribution in [-0.4, -0.2) is 50.9 Å². The molecule has 0 spiro atoms. The average Bonchev–Trinajstić information content (AvgIpc) is 2.78. The molecule has 1 heterocycles. The second-order valence-electron chi connectivity index (χ2n) is 8.51. The number of carbonyl (C=O) groups is 2. The number of likely N-dealkylation sites (tertiary alicyclic amines) is 1. The maximum absolute atomic E-state index is 12.6. The molecule has 1 amide bonds. The molecule has 8 heteroatoms. The Hall–Kier alpha value is -1.93. The molecule has 0 aromatic heterocycles. The molecule has 1 aliphatic heterocycles. The first-order valence-electron chi connectivity index (χ1n) is 11.4. The van der Waals surface area contributed by atoms with E-state index < -0.39 is 10.0 Å². The summed E-state index contributed by atoms with van der Waals surface area (Å²) in [7, 11) is -3.50. The Kier molecular flexibility index (Phi) is 8.49. The summed E-state index contributed by atoms with van der Waals surface area (Å²) in [6.45, 7) is 3.33. The molecule has 0 unspecified atom stereocenters. The van der Waals surface area contributed by atoms with Crippen molar-refractivity contribution in [1.29, 1.82) is 0 Å². The number of hydrogen-bond acceptors (Lipinski definition) is 5. The van der Waals surface area contributed by atoms with Gasteiger partial charge in [-0.25, -0.2) is 13.1 Å². The molecule has 1 saturated heterocycles. The van der Waals surface area contributed by atoms with Gasteiger partial charge in [0.25, 0.3) is 0 Å². The summed E-state index contributed by atoms with van der Waals surface area (Å²) in [5.74, 6) is -0.207. The maximum Gasteiger partial charge on any atom is 0.309 e. The van der Waals surface area contributed by atoms with Crippen LogP contribution in [0.3, 0.4) is 0 Å². The Balaban J connectivity index is 1.46. The minimum atomic E-state index is -3.50. The maximum atomic E-state index is 12.6. The summed E-state index contributed by atoms with van der Waals surface area (Å²) in [5, 5.41) is 0. The minimum absolute atomic E-state index is 0.0315. The molecule has 1 aromatic carbocycles. The van der Waals surface area contributed by atoms with Gasteiger partial charge in [-0.05, 0) is 56.7 Å². The number of amides is 1. The predicted octanol–water partition coefficient (Wildman–Crippen LogP) is 3.03. The fourth-order valence-electron chi connectivity index (χ4n) is 4.38. The molecule has 1 aliphatic carbocycles. The third-order valence-electron chi connectivity index (χ3n) is 6.26. The van der Waals surface area contributed by atoms with E-state index in [1.54, 1.807) is 31.2 Å². The molecule has 1 aromatic rings. The SMILES string of the molecule is CCOC(=O)C1CCN(C(=O)CCc2ccc(S(=O)(=O)NC3CCCCC3)cc2)CC1. The van der Waals surface area contributed by atoms with Crippen LogP contribution in [0.25, 0.3) is 0 Å². The van der Waals surface area contributed by atoms with Gasteiger partial charge in [-0.1, -0.05) is 31.4 Å². The summed E-state index contributed by atoms with van der Waals surface area (Å²) >= 11 is 0. The zero-order valence-corrected chi connectivity index (χ0v) is 19.2. The zero-order chi connectivity index (χ0) is 22.3. The van der Waals surface area contributed by atoms with E-state index in [1.807, 2.05) is 4.90 Å². The van der Waals surface area contributed by atoms with Crippen LogP contribution in [0.15, 0.2) is 29.2 Å². The van der Waals surface area contributed by atoms with Crippen LogP contribution in [-0.2, 0) is 30.8 Å². The molecule has 0 atom stereocenters. The number of ether oxygens (including phenoxy) is 1. The van der Waals surface area contributed by atoms with Crippen LogP contribution in [0, 0.1) is 5.92 Å². The molecule has 1 N–H and O–H groups in total. The van der Waals surface area contributed by atoms with Gasteiger partial charge in [0.1, 0.15) is 0 Å². The van der Waals surface area contributed by atoms with Gasteiger partial charge in [-0.15, -0.1) is 0 Å². The third kappa shape index (κ3) is 6.77. The fourth-order valence-corrected chi connectivity index (χ4v) is 5.68. The number of benzene rings is 1. The predicted molar refractivity (Wildman–Crippen MR) is 118 cm³/mol. The summed E-state index contributed by atoms with van der Waals surface area (Å²) < 4.78 is 33.1. The van der Waals surface area contributed by atoms with Crippen LogP contribution >= 0.6 is 0 Å². The van der Waals surface area contributed by atoms with E-state index in [0.717, 1.165) is 31.2 Å². The lowest BCUT2D eigenvalue weighted by Crippen LogP contribution is -2.40. The minimum Gasteiger partial charge on any atom is -0.466 e. The quantitative estimate of drug-likeness (QED) is 0.615. The van der Waals surface area contributed by atoms with E-state index in [0.29, 0.717) is 45.4 Å². The Morgan fingerprint density at radius 1 is 1.03 bits per heavy atom. The molecule has 172 valence electrons. The largest absolute Gasteiger partial charge is 0.466 e. The van der Waals surface area contributed by atoms with E-state index in [9.17, 15) is 18.0 Å². The van der Waals surface area contributed by atoms with Gasteiger partial charge in [-0.3, -0.25) is 9.59 Å². The lowest BCUT2D eigenvalue weighted by molar-refractivity contribution is -0.151. The van der Waals surface area contributed by atoms with Crippen molar-refractivity contribution in [3.05, 3.63) is 29.8 Å². The molecular weight excluding hydrogens is 416 g/mol. The summed E-state index contributed by atoms with van der Waals surface area (Å²) in [6, 6.07) is 6.85. The molecule has 0 bridgehead atoms. The van der Waals surface area contributed by atoms with E-state index in [1.165, 1.54) is 6.42 Å². The number of sulfonamides is 1. The van der Waals surface area contributed by atoms with Crippen LogP contribution < -0.4 is 4.72 Å². The Morgan fingerprint density at radius 3 is 2.29 bits per heavy atom. The van der Waals surface area contributed by atoms with Crippen molar-refractivity contribution in [3.63, 3.8) is 0 Å². The highest BCUT2D eigenvalue weighted by atomic mass is 32.2. The van der Waals surface area contributed by atoms with Crippen molar-refractivity contribution in [2.24, 2.45) is 5.92 Å². The standard InChI is InChI=1S/C23H34N2O5S/c1-2-30-23(27)19-14-16-25(17-15-19)22(26)13-10-18-8-11-21(12-9-18)31(28,29)24-20-6-4-3-5-7-20/h8-9,11-12,19-20,24H,2-7,10,13-17H2,1H3. The van der Waals surface area contributed by atoms with Gasteiger partial charge in [-0.2, -0.15) is 0 Å². The van der Waals surface area contributed by atoms with Gasteiger partial charge in [0.2, 0.25) is 15.9 Å². The number of piperidine rings is 1. The van der Waals surface area contributed by atoms with Crippen molar-refractivity contribution in [3.8, 4) is 0 Å². The van der Waals surface area contributed by atoms with Crippen LogP contribution in [0.4, 0.5) is 0 Å². The molecular formula is C23H34N2O5S. The topological polar surface area (TPSA) is 92.8 Å². The molecule has 2 aliphatic rings. The van der Waals surface area contributed by atoms with E-state index in [-0.39, 0.29) is 28.7 Å². The first-order chi connectivity index (χ1) is 14.9. The number of aryl methyl sites for hydroxylation is 1. The second-order valence-corrected chi connectivity index (χ2v) is 10.2. The van der Waals surface area contributed by atoms with Gasteiger partial charge in [0.15, 0.2) is 0 Å². The van der Waals surface area contributed by atoms with Gasteiger partial charge in [0.05, 0.1) is 17.4 Å². The fraction of sp³-hybridized carbons (Fsp3) is 0.652. The molecule has 0 radical (unpaired) electrons. The second kappa shape index (κ2) is 11.1. The Morgan fingerprint density at radius 2 is 1.68 bits per heavy atom. The number of rotatable bonds is 8. The van der Waals surface area contributed by atoms with Gasteiger partial charge >= 0.3 is 5.97 Å². The first-order valence-corrected chi connectivity index (χ1v) is 12.9. The van der Waals surface area contributed by atoms with Gasteiger partial charge in [0, 0.05) is 25.6 Å². The highest BCUT2D eigenvalue weighted by Gasteiger charge is 2.28. The molecule has 2 fully saturated rings. The van der Waals surface area contributed by atoms with E-state index in [4.69, 9.17) is 4.74 Å². The first kappa shape index (κ1) is 23.7. The lowest BCUT2D eigenvalue weighted by atomic mass is 9.96. The highest BCUT2D eigenvalue weighted by Crippen LogP contribution is 2.21. The smallest absolute Gasteiger partial charge is 0.309 e. The van der Waals surface area contributed by atoms with Crippen LogP contribution in [0.5, 0.6) is 0 Å².